The second-order valence-corrected chi connectivity index (χ2v) is 8.30. The van der Waals surface area contributed by atoms with Crippen LogP contribution in [0.4, 0.5) is 5.69 Å². The molecule has 8 heteroatoms. The Balaban J connectivity index is 1.45. The number of rotatable bonds is 9. The van der Waals surface area contributed by atoms with Crippen LogP contribution in [0.15, 0.2) is 77.9 Å². The first-order valence-electron chi connectivity index (χ1n) is 11.4. The highest BCUT2D eigenvalue weighted by molar-refractivity contribution is 5.82. The van der Waals surface area contributed by atoms with Gasteiger partial charge in [-0.3, -0.25) is 10.1 Å². The zero-order valence-corrected chi connectivity index (χ0v) is 20.7. The van der Waals surface area contributed by atoms with Crippen LogP contribution in [0.3, 0.4) is 0 Å². The third-order valence-corrected chi connectivity index (χ3v) is 6.03. The number of nitrogens with zero attached hydrogens (tertiary/aromatic N) is 3. The molecule has 0 spiro atoms. The zero-order valence-electron chi connectivity index (χ0n) is 20.7. The molecular formula is C28H28N4O4. The molecule has 0 aliphatic rings. The van der Waals surface area contributed by atoms with Gasteiger partial charge >= 0.3 is 0 Å². The number of aromatic nitrogens is 1. The average Bonchev–Trinajstić information content (AvgIpc) is 3.19. The van der Waals surface area contributed by atoms with E-state index in [0.29, 0.717) is 18.0 Å². The number of nitro groups is 1. The quantitative estimate of drug-likeness (QED) is 0.184. The third kappa shape index (κ3) is 5.22. The van der Waals surface area contributed by atoms with Crippen LogP contribution in [-0.2, 0) is 6.54 Å². The molecule has 0 atom stereocenters. The summed E-state index contributed by atoms with van der Waals surface area (Å²) in [4.78, 5) is 10.5. The van der Waals surface area contributed by atoms with Gasteiger partial charge in [0.15, 0.2) is 11.5 Å². The van der Waals surface area contributed by atoms with E-state index in [0.717, 1.165) is 39.3 Å². The van der Waals surface area contributed by atoms with Crippen molar-refractivity contribution < 1.29 is 14.4 Å². The van der Waals surface area contributed by atoms with Gasteiger partial charge in [0.25, 0.3) is 5.69 Å². The Hall–Kier alpha value is -4.59. The Bertz CT molecular complexity index is 1390. The number of hydrogen-bond donors (Lipinski definition) is 1. The van der Waals surface area contributed by atoms with E-state index in [1.165, 1.54) is 12.1 Å². The van der Waals surface area contributed by atoms with Crippen LogP contribution < -0.4 is 14.9 Å². The van der Waals surface area contributed by atoms with Crippen molar-refractivity contribution in [3.63, 3.8) is 0 Å². The van der Waals surface area contributed by atoms with Crippen molar-refractivity contribution in [3.05, 3.63) is 105 Å². The summed E-state index contributed by atoms with van der Waals surface area (Å²) in [5.74, 6) is 1.38. The van der Waals surface area contributed by atoms with Crippen molar-refractivity contribution in [1.29, 1.82) is 0 Å². The lowest BCUT2D eigenvalue weighted by Crippen LogP contribution is -2.06. The monoisotopic (exact) mass is 484 g/mol. The maximum atomic E-state index is 10.9. The lowest BCUT2D eigenvalue weighted by molar-refractivity contribution is -0.384. The van der Waals surface area contributed by atoms with E-state index >= 15 is 0 Å². The number of benzene rings is 3. The molecule has 1 aromatic heterocycles. The van der Waals surface area contributed by atoms with Crippen molar-refractivity contribution in [2.45, 2.75) is 20.4 Å². The van der Waals surface area contributed by atoms with Crippen LogP contribution in [0, 0.1) is 24.0 Å². The van der Waals surface area contributed by atoms with Gasteiger partial charge < -0.3 is 19.5 Å². The Morgan fingerprint density at radius 3 is 2.17 bits per heavy atom. The van der Waals surface area contributed by atoms with E-state index < -0.39 is 4.92 Å². The Morgan fingerprint density at radius 2 is 1.56 bits per heavy atom. The molecule has 0 aliphatic heterocycles. The summed E-state index contributed by atoms with van der Waals surface area (Å²) in [6.45, 7) is 4.68. The van der Waals surface area contributed by atoms with Crippen molar-refractivity contribution >= 4 is 11.9 Å². The summed E-state index contributed by atoms with van der Waals surface area (Å²) in [5, 5.41) is 15.3. The number of nitrogens with one attached hydrogen (secondary N) is 1. The minimum absolute atomic E-state index is 0.0846. The van der Waals surface area contributed by atoms with Crippen molar-refractivity contribution in [2.75, 3.05) is 14.2 Å². The molecule has 0 saturated carbocycles. The molecule has 184 valence electrons. The van der Waals surface area contributed by atoms with Crippen molar-refractivity contribution in [3.8, 4) is 28.3 Å². The molecule has 36 heavy (non-hydrogen) atoms. The molecule has 0 fully saturated rings. The van der Waals surface area contributed by atoms with Gasteiger partial charge in [-0.2, -0.15) is 5.10 Å². The third-order valence-electron chi connectivity index (χ3n) is 6.03. The summed E-state index contributed by atoms with van der Waals surface area (Å²) in [6.07, 6.45) is 1.82. The molecule has 0 bridgehead atoms. The van der Waals surface area contributed by atoms with E-state index in [2.05, 4.69) is 35.0 Å². The van der Waals surface area contributed by atoms with Gasteiger partial charge in [-0.25, -0.2) is 0 Å². The minimum Gasteiger partial charge on any atom is -0.493 e. The molecule has 0 saturated heterocycles. The number of non-ortho nitro benzene ring substituents is 1. The SMILES string of the molecule is COc1ccc(CN/N=C\c2cc(C)n(-c3ccc(-c4ccc([N+](=O)[O-])cc4)cc3)c2C)cc1OC. The van der Waals surface area contributed by atoms with Crippen LogP contribution >= 0.6 is 0 Å². The second kappa shape index (κ2) is 10.8. The Morgan fingerprint density at radius 1 is 0.917 bits per heavy atom. The molecule has 4 rings (SSSR count). The molecule has 0 radical (unpaired) electrons. The van der Waals surface area contributed by atoms with Gasteiger partial charge in [0.2, 0.25) is 0 Å². The Labute approximate surface area is 210 Å². The van der Waals surface area contributed by atoms with Crippen molar-refractivity contribution in [1.82, 2.24) is 9.99 Å². The van der Waals surface area contributed by atoms with Crippen LogP contribution in [0.25, 0.3) is 16.8 Å². The fourth-order valence-corrected chi connectivity index (χ4v) is 4.14. The van der Waals surface area contributed by atoms with Gasteiger partial charge in [-0.05, 0) is 73.0 Å². The van der Waals surface area contributed by atoms with Gasteiger partial charge in [-0.1, -0.05) is 18.2 Å². The van der Waals surface area contributed by atoms with Crippen LogP contribution in [-0.4, -0.2) is 29.9 Å². The standard InChI is InChI=1S/C28H28N4O4/c1-19-15-24(18-30-29-17-21-5-14-27(35-3)28(16-21)36-4)20(2)31(19)25-10-6-22(7-11-25)23-8-12-26(13-9-23)32(33)34/h5-16,18,29H,17H2,1-4H3/b30-18-. The highest BCUT2D eigenvalue weighted by Gasteiger charge is 2.11. The zero-order chi connectivity index (χ0) is 25.7. The second-order valence-electron chi connectivity index (χ2n) is 8.30. The summed E-state index contributed by atoms with van der Waals surface area (Å²) >= 11 is 0. The number of hydrazone groups is 1. The first-order chi connectivity index (χ1) is 17.4. The minimum atomic E-state index is -0.392. The highest BCUT2D eigenvalue weighted by Crippen LogP contribution is 2.28. The first-order valence-corrected chi connectivity index (χ1v) is 11.4. The summed E-state index contributed by atoms with van der Waals surface area (Å²) < 4.78 is 12.8. The number of methoxy groups -OCH3 is 2. The largest absolute Gasteiger partial charge is 0.493 e. The molecular weight excluding hydrogens is 456 g/mol. The molecule has 1 N–H and O–H groups in total. The van der Waals surface area contributed by atoms with Gasteiger partial charge in [0.1, 0.15) is 0 Å². The van der Waals surface area contributed by atoms with Gasteiger partial charge in [-0.15, -0.1) is 0 Å². The van der Waals surface area contributed by atoms with E-state index in [1.54, 1.807) is 26.4 Å². The maximum Gasteiger partial charge on any atom is 0.269 e. The predicted molar refractivity (Wildman–Crippen MR) is 141 cm³/mol. The molecule has 0 unspecified atom stereocenters. The number of hydrogen-bond acceptors (Lipinski definition) is 6. The topological polar surface area (TPSA) is 90.9 Å². The molecule has 3 aromatic carbocycles. The molecule has 0 aliphatic carbocycles. The van der Waals surface area contributed by atoms with Gasteiger partial charge in [0.05, 0.1) is 31.9 Å². The van der Waals surface area contributed by atoms with E-state index in [-0.39, 0.29) is 5.69 Å². The summed E-state index contributed by atoms with van der Waals surface area (Å²) in [5.41, 5.74) is 10.4. The van der Waals surface area contributed by atoms with Gasteiger partial charge in [0, 0.05) is 34.8 Å². The fraction of sp³-hybridized carbons (Fsp3) is 0.179. The maximum absolute atomic E-state index is 10.9. The number of nitro benzene ring substituents is 1. The lowest BCUT2D eigenvalue weighted by Gasteiger charge is -2.11. The predicted octanol–water partition coefficient (Wildman–Crippen LogP) is 5.81. The van der Waals surface area contributed by atoms with E-state index in [1.807, 2.05) is 48.7 Å². The van der Waals surface area contributed by atoms with E-state index in [9.17, 15) is 10.1 Å². The van der Waals surface area contributed by atoms with Crippen LogP contribution in [0.5, 0.6) is 11.5 Å². The van der Waals surface area contributed by atoms with Crippen LogP contribution in [0.2, 0.25) is 0 Å². The lowest BCUT2D eigenvalue weighted by atomic mass is 10.0. The molecule has 8 nitrogen and oxygen atoms in total. The molecule has 4 aromatic rings. The summed E-state index contributed by atoms with van der Waals surface area (Å²) in [6, 6.07) is 22.6. The highest BCUT2D eigenvalue weighted by atomic mass is 16.6. The smallest absolute Gasteiger partial charge is 0.269 e. The van der Waals surface area contributed by atoms with E-state index in [4.69, 9.17) is 9.47 Å². The molecule has 0 amide bonds. The first kappa shape index (κ1) is 24.5. The Kier molecular flexibility index (Phi) is 7.34. The summed E-state index contributed by atoms with van der Waals surface area (Å²) in [7, 11) is 3.23. The average molecular weight is 485 g/mol. The normalized spacial score (nSPS) is 11.0. The molecule has 1 heterocycles. The van der Waals surface area contributed by atoms with Crippen LogP contribution in [0.1, 0.15) is 22.5 Å². The van der Waals surface area contributed by atoms with Crippen molar-refractivity contribution in [2.24, 2.45) is 5.10 Å². The number of aryl methyl sites for hydroxylation is 1. The fourth-order valence-electron chi connectivity index (χ4n) is 4.14. The number of ether oxygens (including phenoxy) is 2.